The molecule has 0 radical (unpaired) electrons. The molecule has 4 rings (SSSR count). The van der Waals surface area contributed by atoms with Crippen LogP contribution >= 0.6 is 0 Å². The third-order valence-electron chi connectivity index (χ3n) is 5.87. The fraction of sp³-hybridized carbons (Fsp3) is 0.375. The van der Waals surface area contributed by atoms with Gasteiger partial charge in [0.25, 0.3) is 0 Å². The molecule has 2 aromatic carbocycles. The van der Waals surface area contributed by atoms with Crippen molar-refractivity contribution in [3.63, 3.8) is 0 Å². The third-order valence-corrected chi connectivity index (χ3v) is 5.87. The first kappa shape index (κ1) is 17.8. The van der Waals surface area contributed by atoms with Crippen molar-refractivity contribution in [1.82, 2.24) is 9.88 Å². The van der Waals surface area contributed by atoms with Crippen LogP contribution in [0.3, 0.4) is 0 Å². The van der Waals surface area contributed by atoms with Crippen molar-refractivity contribution in [1.29, 1.82) is 0 Å². The first-order valence-electron chi connectivity index (χ1n) is 10.1. The van der Waals surface area contributed by atoms with Crippen LogP contribution in [0.1, 0.15) is 54.4 Å². The Hall–Kier alpha value is -2.55. The summed E-state index contributed by atoms with van der Waals surface area (Å²) in [6.07, 6.45) is 5.92. The summed E-state index contributed by atoms with van der Waals surface area (Å²) in [7, 11) is 0. The summed E-state index contributed by atoms with van der Waals surface area (Å²) in [6, 6.07) is 15.1. The van der Waals surface area contributed by atoms with E-state index in [0.29, 0.717) is 6.42 Å². The van der Waals surface area contributed by atoms with Gasteiger partial charge in [0, 0.05) is 42.5 Å². The maximum atomic E-state index is 13.0. The molecular formula is C24H28N2O. The monoisotopic (exact) mass is 360 g/mol. The van der Waals surface area contributed by atoms with E-state index in [2.05, 4.69) is 67.5 Å². The Balaban J connectivity index is 1.77. The zero-order valence-corrected chi connectivity index (χ0v) is 16.3. The van der Waals surface area contributed by atoms with Gasteiger partial charge in [0.1, 0.15) is 0 Å². The highest BCUT2D eigenvalue weighted by molar-refractivity contribution is 5.88. The van der Waals surface area contributed by atoms with Gasteiger partial charge in [-0.05, 0) is 42.9 Å². The van der Waals surface area contributed by atoms with Crippen LogP contribution < -0.4 is 0 Å². The number of rotatable bonds is 5. The minimum atomic E-state index is 0.0823. The molecule has 0 saturated carbocycles. The van der Waals surface area contributed by atoms with Crippen molar-refractivity contribution in [2.24, 2.45) is 0 Å². The highest BCUT2D eigenvalue weighted by Crippen LogP contribution is 2.35. The van der Waals surface area contributed by atoms with E-state index in [0.717, 1.165) is 32.4 Å². The molecular weight excluding hydrogens is 332 g/mol. The topological polar surface area (TPSA) is 36.1 Å². The van der Waals surface area contributed by atoms with Crippen LogP contribution in [0.25, 0.3) is 10.9 Å². The Morgan fingerprint density at radius 2 is 1.93 bits per heavy atom. The van der Waals surface area contributed by atoms with E-state index in [-0.39, 0.29) is 11.8 Å². The van der Waals surface area contributed by atoms with Crippen LogP contribution in [0.2, 0.25) is 0 Å². The molecule has 0 spiro atoms. The van der Waals surface area contributed by atoms with Crippen molar-refractivity contribution in [3.05, 3.63) is 70.9 Å². The Bertz CT molecular complexity index is 950. The number of aromatic nitrogens is 1. The van der Waals surface area contributed by atoms with E-state index in [9.17, 15) is 4.79 Å². The van der Waals surface area contributed by atoms with E-state index >= 15 is 0 Å². The van der Waals surface area contributed by atoms with Gasteiger partial charge in [-0.3, -0.25) is 4.79 Å². The second kappa shape index (κ2) is 7.59. The molecule has 0 bridgehead atoms. The number of carbonyl (C=O) groups excluding carboxylic acids is 1. The van der Waals surface area contributed by atoms with Gasteiger partial charge in [-0.2, -0.15) is 0 Å². The average Bonchev–Trinajstić information content (AvgIpc) is 3.35. The van der Waals surface area contributed by atoms with E-state index < -0.39 is 0 Å². The second-order valence-corrected chi connectivity index (χ2v) is 7.70. The average molecular weight is 361 g/mol. The van der Waals surface area contributed by atoms with E-state index in [1.54, 1.807) is 0 Å². The van der Waals surface area contributed by atoms with Crippen molar-refractivity contribution < 1.29 is 4.79 Å². The number of amides is 1. The summed E-state index contributed by atoms with van der Waals surface area (Å²) in [4.78, 5) is 18.5. The number of fused-ring (bicyclic) bond motifs is 1. The Morgan fingerprint density at radius 1 is 1.15 bits per heavy atom. The third kappa shape index (κ3) is 3.51. The van der Waals surface area contributed by atoms with Crippen LogP contribution in [0.5, 0.6) is 0 Å². The zero-order chi connectivity index (χ0) is 18.8. The molecule has 1 aromatic heterocycles. The quantitative estimate of drug-likeness (QED) is 0.668. The molecule has 1 fully saturated rings. The molecule has 1 N–H and O–H groups in total. The van der Waals surface area contributed by atoms with Gasteiger partial charge >= 0.3 is 0 Å². The molecule has 27 heavy (non-hydrogen) atoms. The van der Waals surface area contributed by atoms with Crippen molar-refractivity contribution in [2.45, 2.75) is 45.4 Å². The van der Waals surface area contributed by atoms with Crippen LogP contribution in [0.4, 0.5) is 0 Å². The lowest BCUT2D eigenvalue weighted by Gasteiger charge is -2.22. The number of nitrogens with one attached hydrogen (secondary N) is 1. The van der Waals surface area contributed by atoms with Gasteiger partial charge in [0.05, 0.1) is 0 Å². The fourth-order valence-electron chi connectivity index (χ4n) is 4.39. The number of H-pyrrole nitrogens is 1. The normalized spacial score (nSPS) is 15.4. The van der Waals surface area contributed by atoms with Crippen molar-refractivity contribution in [3.8, 4) is 0 Å². The van der Waals surface area contributed by atoms with Gasteiger partial charge in [-0.1, -0.05) is 55.0 Å². The molecule has 1 aliphatic heterocycles. The molecule has 140 valence electrons. The number of hydrogen-bond donors (Lipinski definition) is 1. The summed E-state index contributed by atoms with van der Waals surface area (Å²) >= 11 is 0. The van der Waals surface area contributed by atoms with Crippen molar-refractivity contribution >= 4 is 16.8 Å². The molecule has 2 heterocycles. The van der Waals surface area contributed by atoms with Crippen LogP contribution in [-0.2, 0) is 11.2 Å². The number of aromatic amines is 1. The van der Waals surface area contributed by atoms with E-state index in [1.807, 2.05) is 4.90 Å². The van der Waals surface area contributed by atoms with Gasteiger partial charge in [0.15, 0.2) is 0 Å². The number of likely N-dealkylation sites (tertiary alicyclic amines) is 1. The first-order chi connectivity index (χ1) is 13.2. The predicted octanol–water partition coefficient (Wildman–Crippen LogP) is 5.18. The minimum absolute atomic E-state index is 0.0823. The SMILES string of the molecule is CCc1cccc2c([C@H](CC(=O)N3CCCC3)c3cccc(C)c3)c[nH]c12. The van der Waals surface area contributed by atoms with Crippen LogP contribution in [0.15, 0.2) is 48.7 Å². The Morgan fingerprint density at radius 3 is 2.67 bits per heavy atom. The van der Waals surface area contributed by atoms with Crippen LogP contribution in [-0.4, -0.2) is 28.9 Å². The Kier molecular flexibility index (Phi) is 5.02. The minimum Gasteiger partial charge on any atom is -0.361 e. The maximum absolute atomic E-state index is 13.0. The largest absolute Gasteiger partial charge is 0.361 e. The maximum Gasteiger partial charge on any atom is 0.223 e. The van der Waals surface area contributed by atoms with Crippen LogP contribution in [0, 0.1) is 6.92 Å². The standard InChI is InChI=1S/C24H28N2O/c1-3-18-9-7-11-20-22(16-25-24(18)20)21(19-10-6-8-17(2)14-19)15-23(27)26-12-4-5-13-26/h6-11,14,16,21,25H,3-5,12-13,15H2,1-2H3/t21-/m1/s1. The highest BCUT2D eigenvalue weighted by Gasteiger charge is 2.26. The smallest absolute Gasteiger partial charge is 0.223 e. The molecule has 3 heteroatoms. The number of benzene rings is 2. The fourth-order valence-corrected chi connectivity index (χ4v) is 4.39. The lowest BCUT2D eigenvalue weighted by molar-refractivity contribution is -0.130. The molecule has 3 nitrogen and oxygen atoms in total. The van der Waals surface area contributed by atoms with E-state index in [1.165, 1.54) is 33.2 Å². The van der Waals surface area contributed by atoms with Gasteiger partial charge in [-0.15, -0.1) is 0 Å². The first-order valence-corrected chi connectivity index (χ1v) is 10.1. The molecule has 3 aromatic rings. The number of aryl methyl sites for hydroxylation is 2. The number of para-hydroxylation sites is 1. The molecule has 1 aliphatic rings. The lowest BCUT2D eigenvalue weighted by atomic mass is 9.87. The molecule has 1 saturated heterocycles. The summed E-state index contributed by atoms with van der Waals surface area (Å²) in [5.74, 6) is 0.360. The van der Waals surface area contributed by atoms with E-state index in [4.69, 9.17) is 0 Å². The summed E-state index contributed by atoms with van der Waals surface area (Å²) in [6.45, 7) is 6.12. The zero-order valence-electron chi connectivity index (χ0n) is 16.3. The predicted molar refractivity (Wildman–Crippen MR) is 111 cm³/mol. The molecule has 1 atom stereocenters. The number of hydrogen-bond acceptors (Lipinski definition) is 1. The Labute approximate surface area is 161 Å². The number of carbonyl (C=O) groups is 1. The molecule has 1 amide bonds. The summed E-state index contributed by atoms with van der Waals surface area (Å²) in [5, 5.41) is 1.25. The van der Waals surface area contributed by atoms with Gasteiger partial charge in [-0.25, -0.2) is 0 Å². The number of nitrogens with zero attached hydrogens (tertiary/aromatic N) is 1. The van der Waals surface area contributed by atoms with Gasteiger partial charge < -0.3 is 9.88 Å². The van der Waals surface area contributed by atoms with Crippen molar-refractivity contribution in [2.75, 3.05) is 13.1 Å². The molecule has 0 aliphatic carbocycles. The lowest BCUT2D eigenvalue weighted by Crippen LogP contribution is -2.29. The second-order valence-electron chi connectivity index (χ2n) is 7.70. The highest BCUT2D eigenvalue weighted by atomic mass is 16.2. The summed E-state index contributed by atoms with van der Waals surface area (Å²) in [5.41, 5.74) is 6.23. The van der Waals surface area contributed by atoms with Gasteiger partial charge in [0.2, 0.25) is 5.91 Å². The summed E-state index contributed by atoms with van der Waals surface area (Å²) < 4.78 is 0. The molecule has 0 unspecified atom stereocenters.